The maximum atomic E-state index is 12.1. The van der Waals surface area contributed by atoms with Crippen LogP contribution in [0.5, 0.6) is 5.75 Å². The highest BCUT2D eigenvalue weighted by molar-refractivity contribution is 7.14. The Morgan fingerprint density at radius 1 is 1.25 bits per heavy atom. The summed E-state index contributed by atoms with van der Waals surface area (Å²) in [5, 5.41) is 7.65. The third kappa shape index (κ3) is 5.43. The number of aryl methyl sites for hydroxylation is 1. The fourth-order valence-corrected chi connectivity index (χ4v) is 3.14. The van der Waals surface area contributed by atoms with Crippen molar-refractivity contribution in [3.05, 3.63) is 53.1 Å². The van der Waals surface area contributed by atoms with Crippen LogP contribution in [0.1, 0.15) is 25.2 Å². The van der Waals surface area contributed by atoms with Crippen LogP contribution in [0.15, 0.2) is 46.2 Å². The SMILES string of the molecule is CCc1cccc(OCC(=O)Nc2nc(-c3ccc(CNC(C)=O)o3)cs2)c1. The van der Waals surface area contributed by atoms with Crippen molar-refractivity contribution in [3.8, 4) is 17.2 Å². The summed E-state index contributed by atoms with van der Waals surface area (Å²) in [6.07, 6.45) is 0.907. The van der Waals surface area contributed by atoms with Crippen LogP contribution in [0.25, 0.3) is 11.5 Å². The smallest absolute Gasteiger partial charge is 0.264 e. The number of rotatable bonds is 8. The van der Waals surface area contributed by atoms with Crippen LogP contribution in [0.3, 0.4) is 0 Å². The minimum atomic E-state index is -0.284. The topological polar surface area (TPSA) is 93.5 Å². The third-order valence-corrected chi connectivity index (χ3v) is 4.61. The molecule has 8 heteroatoms. The number of carbonyl (C=O) groups excluding carboxylic acids is 2. The van der Waals surface area contributed by atoms with Crippen LogP contribution in [0.4, 0.5) is 5.13 Å². The molecular weight excluding hydrogens is 378 g/mol. The highest BCUT2D eigenvalue weighted by atomic mass is 32.1. The van der Waals surface area contributed by atoms with Gasteiger partial charge in [0.1, 0.15) is 17.2 Å². The van der Waals surface area contributed by atoms with Crippen molar-refractivity contribution in [1.29, 1.82) is 0 Å². The van der Waals surface area contributed by atoms with E-state index in [0.29, 0.717) is 34.6 Å². The van der Waals surface area contributed by atoms with Gasteiger partial charge in [0.25, 0.3) is 5.91 Å². The van der Waals surface area contributed by atoms with Gasteiger partial charge < -0.3 is 14.5 Å². The molecule has 2 N–H and O–H groups in total. The lowest BCUT2D eigenvalue weighted by Gasteiger charge is -2.07. The van der Waals surface area contributed by atoms with E-state index < -0.39 is 0 Å². The molecule has 0 unspecified atom stereocenters. The Bertz CT molecular complexity index is 964. The lowest BCUT2D eigenvalue weighted by molar-refractivity contribution is -0.119. The van der Waals surface area contributed by atoms with Crippen molar-refractivity contribution in [3.63, 3.8) is 0 Å². The number of thiazole rings is 1. The fraction of sp³-hybridized carbons (Fsp3) is 0.250. The first-order valence-corrected chi connectivity index (χ1v) is 9.72. The molecule has 2 amide bonds. The van der Waals surface area contributed by atoms with Gasteiger partial charge in [0, 0.05) is 12.3 Å². The second-order valence-corrected chi connectivity index (χ2v) is 6.91. The molecule has 0 aliphatic rings. The molecule has 146 valence electrons. The van der Waals surface area contributed by atoms with Gasteiger partial charge in [0.2, 0.25) is 5.91 Å². The largest absolute Gasteiger partial charge is 0.484 e. The molecule has 0 bridgehead atoms. The molecule has 2 aromatic heterocycles. The molecule has 7 nitrogen and oxygen atoms in total. The van der Waals surface area contributed by atoms with E-state index in [1.165, 1.54) is 18.3 Å². The van der Waals surface area contributed by atoms with Gasteiger partial charge in [-0.2, -0.15) is 0 Å². The molecule has 3 rings (SSSR count). The molecule has 3 aromatic rings. The maximum Gasteiger partial charge on any atom is 0.264 e. The normalized spacial score (nSPS) is 10.5. The number of ether oxygens (including phenoxy) is 1. The second kappa shape index (κ2) is 9.18. The highest BCUT2D eigenvalue weighted by Gasteiger charge is 2.12. The Morgan fingerprint density at radius 2 is 2.11 bits per heavy atom. The highest BCUT2D eigenvalue weighted by Crippen LogP contribution is 2.26. The van der Waals surface area contributed by atoms with E-state index in [4.69, 9.17) is 9.15 Å². The van der Waals surface area contributed by atoms with Crippen LogP contribution >= 0.6 is 11.3 Å². The molecular formula is C20H21N3O4S. The number of aromatic nitrogens is 1. The number of amides is 2. The zero-order chi connectivity index (χ0) is 19.9. The first-order valence-electron chi connectivity index (χ1n) is 8.84. The predicted octanol–water partition coefficient (Wildman–Crippen LogP) is 3.62. The molecule has 0 saturated carbocycles. The lowest BCUT2D eigenvalue weighted by atomic mass is 10.2. The first kappa shape index (κ1) is 19.6. The first-order chi connectivity index (χ1) is 13.5. The van der Waals surface area contributed by atoms with Crippen LogP contribution < -0.4 is 15.4 Å². The van der Waals surface area contributed by atoms with Gasteiger partial charge in [-0.1, -0.05) is 19.1 Å². The number of anilines is 1. The van der Waals surface area contributed by atoms with E-state index in [1.54, 1.807) is 17.5 Å². The van der Waals surface area contributed by atoms with Gasteiger partial charge in [0.05, 0.1) is 6.54 Å². The molecule has 0 saturated heterocycles. The summed E-state index contributed by atoms with van der Waals surface area (Å²) in [6.45, 7) is 3.74. The standard InChI is InChI=1S/C20H21N3O4S/c1-3-14-5-4-6-15(9-14)26-11-19(25)23-20-22-17(12-28-20)18-8-7-16(27-18)10-21-13(2)24/h4-9,12H,3,10-11H2,1-2H3,(H,21,24)(H,22,23,25). The summed E-state index contributed by atoms with van der Waals surface area (Å²) >= 11 is 1.30. The van der Waals surface area contributed by atoms with Crippen molar-refractivity contribution in [2.45, 2.75) is 26.8 Å². The fourth-order valence-electron chi connectivity index (χ4n) is 2.43. The van der Waals surface area contributed by atoms with Gasteiger partial charge in [-0.3, -0.25) is 14.9 Å². The Hall–Kier alpha value is -3.13. The predicted molar refractivity (Wildman–Crippen MR) is 107 cm³/mol. The Labute approximate surface area is 166 Å². The number of nitrogens with one attached hydrogen (secondary N) is 2. The quantitative estimate of drug-likeness (QED) is 0.603. The van der Waals surface area contributed by atoms with Crippen molar-refractivity contribution in [1.82, 2.24) is 10.3 Å². The molecule has 0 radical (unpaired) electrons. The summed E-state index contributed by atoms with van der Waals surface area (Å²) in [5.74, 6) is 1.46. The summed E-state index contributed by atoms with van der Waals surface area (Å²) in [4.78, 5) is 27.4. The number of nitrogens with zero attached hydrogens (tertiary/aromatic N) is 1. The second-order valence-electron chi connectivity index (χ2n) is 6.05. The van der Waals surface area contributed by atoms with E-state index in [9.17, 15) is 9.59 Å². The number of furan rings is 1. The number of carbonyl (C=O) groups is 2. The molecule has 0 aliphatic heterocycles. The maximum absolute atomic E-state index is 12.1. The number of hydrogen-bond acceptors (Lipinski definition) is 6. The summed E-state index contributed by atoms with van der Waals surface area (Å²) in [7, 11) is 0. The molecule has 2 heterocycles. The molecule has 28 heavy (non-hydrogen) atoms. The lowest BCUT2D eigenvalue weighted by Crippen LogP contribution is -2.20. The van der Waals surface area contributed by atoms with Crippen molar-refractivity contribution < 1.29 is 18.7 Å². The molecule has 0 spiro atoms. The third-order valence-electron chi connectivity index (χ3n) is 3.85. The number of hydrogen-bond donors (Lipinski definition) is 2. The summed E-state index contributed by atoms with van der Waals surface area (Å²) < 4.78 is 11.2. The van der Waals surface area contributed by atoms with E-state index in [-0.39, 0.29) is 18.4 Å². The van der Waals surface area contributed by atoms with Crippen molar-refractivity contribution in [2.24, 2.45) is 0 Å². The monoisotopic (exact) mass is 399 g/mol. The Kier molecular flexibility index (Phi) is 6.44. The van der Waals surface area contributed by atoms with E-state index >= 15 is 0 Å². The summed E-state index contributed by atoms with van der Waals surface area (Å²) in [6, 6.07) is 11.2. The van der Waals surface area contributed by atoms with Gasteiger partial charge in [-0.25, -0.2) is 4.98 Å². The zero-order valence-corrected chi connectivity index (χ0v) is 16.5. The van der Waals surface area contributed by atoms with Gasteiger partial charge in [-0.15, -0.1) is 11.3 Å². The molecule has 0 atom stereocenters. The van der Waals surface area contributed by atoms with Gasteiger partial charge in [-0.05, 0) is 36.2 Å². The summed E-state index contributed by atoms with van der Waals surface area (Å²) in [5.41, 5.74) is 1.77. The number of benzene rings is 1. The van der Waals surface area contributed by atoms with Gasteiger partial charge in [0.15, 0.2) is 17.5 Å². The van der Waals surface area contributed by atoms with Crippen LogP contribution in [0, 0.1) is 0 Å². The van der Waals surface area contributed by atoms with Gasteiger partial charge >= 0.3 is 0 Å². The minimum Gasteiger partial charge on any atom is -0.484 e. The van der Waals surface area contributed by atoms with Crippen molar-refractivity contribution in [2.75, 3.05) is 11.9 Å². The Morgan fingerprint density at radius 3 is 2.89 bits per heavy atom. The molecule has 1 aromatic carbocycles. The average Bonchev–Trinajstić information content (AvgIpc) is 3.34. The van der Waals surface area contributed by atoms with Crippen molar-refractivity contribution >= 4 is 28.3 Å². The van der Waals surface area contributed by atoms with E-state index in [0.717, 1.165) is 12.0 Å². The van der Waals surface area contributed by atoms with E-state index in [2.05, 4.69) is 22.5 Å². The minimum absolute atomic E-state index is 0.0936. The van der Waals surface area contributed by atoms with E-state index in [1.807, 2.05) is 24.3 Å². The average molecular weight is 399 g/mol. The molecule has 0 aliphatic carbocycles. The van der Waals surface area contributed by atoms with Crippen LogP contribution in [0.2, 0.25) is 0 Å². The van der Waals surface area contributed by atoms with Crippen LogP contribution in [-0.2, 0) is 22.6 Å². The molecule has 0 fully saturated rings. The van der Waals surface area contributed by atoms with Crippen LogP contribution in [-0.4, -0.2) is 23.4 Å². The Balaban J connectivity index is 1.53. The zero-order valence-electron chi connectivity index (χ0n) is 15.7.